The summed E-state index contributed by atoms with van der Waals surface area (Å²) in [6.45, 7) is 3.31. The topological polar surface area (TPSA) is 70.5 Å². The summed E-state index contributed by atoms with van der Waals surface area (Å²) in [5, 5.41) is 0. The molecule has 14 heavy (non-hydrogen) atoms. The first-order chi connectivity index (χ1) is 5.72. The van der Waals surface area contributed by atoms with Crippen LogP contribution < -0.4 is 10.0 Å². The molecule has 4 N–H and O–H groups in total. The zero-order chi connectivity index (χ0) is 9.98. The van der Waals surface area contributed by atoms with Crippen molar-refractivity contribution in [2.75, 3.05) is 27.4 Å². The number of ether oxygens (including phenoxy) is 2. The molecule has 0 aliphatic heterocycles. The Balaban J connectivity index is -0.000000117. The molecule has 0 radical (unpaired) electrons. The predicted octanol–water partition coefficient (Wildman–Crippen LogP) is 0.493. The van der Waals surface area contributed by atoms with Gasteiger partial charge in [-0.15, -0.1) is 24.8 Å². The van der Waals surface area contributed by atoms with E-state index >= 15 is 0 Å². The van der Waals surface area contributed by atoms with Gasteiger partial charge in [-0.25, -0.2) is 0 Å². The molecule has 1 atom stereocenters. The average Bonchev–Trinajstić information content (AvgIpc) is 2.08. The third kappa shape index (κ3) is 15.6. The Morgan fingerprint density at radius 2 is 1.36 bits per heavy atom. The second-order valence-electron chi connectivity index (χ2n) is 2.53. The van der Waals surface area contributed by atoms with Crippen LogP contribution in [0.4, 0.5) is 0 Å². The molecule has 0 aliphatic carbocycles. The summed E-state index contributed by atoms with van der Waals surface area (Å²) in [6.07, 6.45) is 0. The number of rotatable bonds is 5. The summed E-state index contributed by atoms with van der Waals surface area (Å²) in [5.74, 6) is 0.315. The second kappa shape index (κ2) is 19.6. The molecule has 0 bridgehead atoms. The van der Waals surface area contributed by atoms with Crippen LogP contribution in [-0.2, 0) is 29.5 Å². The van der Waals surface area contributed by atoms with Crippen molar-refractivity contribution in [3.05, 3.63) is 0 Å². The van der Waals surface area contributed by atoms with Crippen LogP contribution >= 0.6 is 24.8 Å². The summed E-state index contributed by atoms with van der Waals surface area (Å²) in [6, 6.07) is 0.139. The predicted molar refractivity (Wildman–Crippen MR) is 59.6 cm³/mol. The third-order valence-corrected chi connectivity index (χ3v) is 1.51. The van der Waals surface area contributed by atoms with Gasteiger partial charge in [0.05, 0.1) is 13.2 Å². The van der Waals surface area contributed by atoms with Gasteiger partial charge in [0.2, 0.25) is 0 Å². The molecule has 0 aliphatic rings. The Hall–Kier alpha value is 1.11. The zero-order valence-corrected chi connectivity index (χ0v) is 12.6. The van der Waals surface area contributed by atoms with Gasteiger partial charge in [-0.05, 0) is 6.92 Å². The molecule has 0 aromatic carbocycles. The maximum atomic E-state index is 5.65. The fourth-order valence-electron chi connectivity index (χ4n) is 0.780. The molecule has 0 saturated heterocycles. The van der Waals surface area contributed by atoms with Gasteiger partial charge < -0.3 is 15.2 Å². The van der Waals surface area contributed by atoms with E-state index < -0.39 is 0 Å². The maximum absolute atomic E-state index is 5.65. The van der Waals surface area contributed by atoms with Crippen LogP contribution in [0.3, 0.4) is 0 Å². The zero-order valence-electron chi connectivity index (χ0n) is 8.67. The summed E-state index contributed by atoms with van der Waals surface area (Å²) in [7, 11) is 3.34. The Morgan fingerprint density at radius 3 is 1.50 bits per heavy atom. The first-order valence-corrected chi connectivity index (χ1v) is 4.95. The SMILES string of the molecule is COCC(COC)C(C)N.Cl.Cl.[NH2][Pt]. The van der Waals surface area contributed by atoms with Crippen molar-refractivity contribution in [1.29, 1.82) is 0 Å². The molecule has 4 nitrogen and oxygen atoms in total. The van der Waals surface area contributed by atoms with Gasteiger partial charge in [-0.3, -0.25) is 0 Å². The first-order valence-electron chi connectivity index (χ1n) is 3.64. The van der Waals surface area contributed by atoms with Crippen molar-refractivity contribution in [3.63, 3.8) is 0 Å². The molecule has 7 heteroatoms. The average molecular weight is 431 g/mol. The summed E-state index contributed by atoms with van der Waals surface area (Å²) < 4.78 is 14.4. The Bertz CT molecular complexity index is 86.1. The van der Waals surface area contributed by atoms with E-state index in [4.69, 9.17) is 15.2 Å². The monoisotopic (exact) mass is 430 g/mol. The van der Waals surface area contributed by atoms with Crippen LogP contribution in [0.25, 0.3) is 0 Å². The van der Waals surface area contributed by atoms with E-state index in [1.54, 1.807) is 34.3 Å². The van der Waals surface area contributed by atoms with Crippen molar-refractivity contribution in [3.8, 4) is 0 Å². The molecule has 0 spiro atoms. The van der Waals surface area contributed by atoms with E-state index in [1.807, 2.05) is 6.92 Å². The fraction of sp³-hybridized carbons (Fsp3) is 1.00. The van der Waals surface area contributed by atoms with Gasteiger partial charge in [0.25, 0.3) is 0 Å². The molecular formula is C7H21Cl2N2O2Pt. The number of halogens is 2. The molecule has 0 heterocycles. The quantitative estimate of drug-likeness (QED) is 0.665. The van der Waals surface area contributed by atoms with Crippen LogP contribution in [0.2, 0.25) is 0 Å². The van der Waals surface area contributed by atoms with Crippen LogP contribution in [0.1, 0.15) is 6.92 Å². The van der Waals surface area contributed by atoms with Gasteiger partial charge >= 0.3 is 24.4 Å². The van der Waals surface area contributed by atoms with E-state index in [1.165, 1.54) is 0 Å². The molecule has 1 unspecified atom stereocenters. The van der Waals surface area contributed by atoms with E-state index in [2.05, 4.69) is 4.29 Å². The number of nitrogens with two attached hydrogens (primary N) is 2. The van der Waals surface area contributed by atoms with Crippen LogP contribution in [0.5, 0.6) is 0 Å². The van der Waals surface area contributed by atoms with Crippen LogP contribution in [0, 0.1) is 5.92 Å². The van der Waals surface area contributed by atoms with Crippen molar-refractivity contribution in [2.45, 2.75) is 13.0 Å². The van der Waals surface area contributed by atoms with Crippen LogP contribution in [-0.4, -0.2) is 33.5 Å². The van der Waals surface area contributed by atoms with Gasteiger partial charge in [0.15, 0.2) is 0 Å². The van der Waals surface area contributed by atoms with Crippen molar-refractivity contribution in [2.24, 2.45) is 15.9 Å². The third-order valence-electron chi connectivity index (χ3n) is 1.51. The normalized spacial score (nSPS) is 10.6. The molecule has 95 valence electrons. The van der Waals surface area contributed by atoms with Gasteiger partial charge in [-0.2, -0.15) is 0 Å². The molecule has 0 aromatic heterocycles. The minimum atomic E-state index is 0. The molecule has 0 fully saturated rings. The van der Waals surface area contributed by atoms with E-state index in [0.717, 1.165) is 0 Å². The Morgan fingerprint density at radius 1 is 1.07 bits per heavy atom. The fourth-order valence-corrected chi connectivity index (χ4v) is 0.780. The van der Waals surface area contributed by atoms with Crippen molar-refractivity contribution in [1.82, 2.24) is 0 Å². The standard InChI is InChI=1S/C7H17NO2.2ClH.H2N.Pt/c1-6(8)7(4-9-2)5-10-3;;;;/h6-7H,4-5,8H2,1-3H3;2*1H;1H2;/q;;;-1;+1. The molecule has 0 amide bonds. The van der Waals surface area contributed by atoms with E-state index in [0.29, 0.717) is 19.1 Å². The summed E-state index contributed by atoms with van der Waals surface area (Å²) >= 11 is 1.64. The second-order valence-corrected chi connectivity index (χ2v) is 2.53. The van der Waals surface area contributed by atoms with E-state index in [-0.39, 0.29) is 30.9 Å². The Labute approximate surface area is 110 Å². The summed E-state index contributed by atoms with van der Waals surface area (Å²) in [4.78, 5) is 0. The van der Waals surface area contributed by atoms with Crippen LogP contribution in [0.15, 0.2) is 0 Å². The minimum absolute atomic E-state index is 0. The number of methoxy groups -OCH3 is 2. The van der Waals surface area contributed by atoms with Crippen molar-refractivity contribution < 1.29 is 29.5 Å². The molecule has 0 saturated carbocycles. The Kier molecular flexibility index (Phi) is 34.2. The first kappa shape index (κ1) is 24.4. The molecular weight excluding hydrogens is 410 g/mol. The number of hydrogen-bond acceptors (Lipinski definition) is 4. The van der Waals surface area contributed by atoms with Gasteiger partial charge in [0.1, 0.15) is 0 Å². The summed E-state index contributed by atoms with van der Waals surface area (Å²) in [5.41, 5.74) is 5.65. The van der Waals surface area contributed by atoms with Gasteiger partial charge in [-0.1, -0.05) is 0 Å². The number of hydrogen-bond donors (Lipinski definition) is 2. The molecule has 0 aromatic rings. The van der Waals surface area contributed by atoms with Crippen molar-refractivity contribution >= 4 is 24.8 Å². The van der Waals surface area contributed by atoms with Gasteiger partial charge in [0, 0.05) is 26.2 Å². The van der Waals surface area contributed by atoms with E-state index in [9.17, 15) is 0 Å². The molecule has 0 rings (SSSR count).